The molecule has 3 rings (SSSR count). The highest BCUT2D eigenvalue weighted by molar-refractivity contribution is 6.05. The number of methoxy groups -OCH3 is 1. The number of nitrogens with one attached hydrogen (secondary N) is 2. The third-order valence-electron chi connectivity index (χ3n) is 4.08. The zero-order valence-corrected chi connectivity index (χ0v) is 16.6. The number of nitrogens with zero attached hydrogens (tertiary/aromatic N) is 3. The molecule has 3 aromatic rings. The second kappa shape index (κ2) is 9.41. The Labute approximate surface area is 173 Å². The van der Waals surface area contributed by atoms with Gasteiger partial charge in [-0.15, -0.1) is 5.10 Å². The van der Waals surface area contributed by atoms with Gasteiger partial charge in [-0.2, -0.15) is 0 Å². The molecule has 0 fully saturated rings. The van der Waals surface area contributed by atoms with Crippen LogP contribution in [0.15, 0.2) is 48.5 Å². The van der Waals surface area contributed by atoms with Crippen LogP contribution in [0.2, 0.25) is 0 Å². The number of carbonyl (C=O) groups excluding carboxylic acids is 2. The summed E-state index contributed by atoms with van der Waals surface area (Å²) in [7, 11) is 1.56. The fraction of sp³-hybridized carbons (Fsp3) is 0.200. The minimum Gasteiger partial charge on any atom is -0.497 e. The van der Waals surface area contributed by atoms with Crippen LogP contribution in [0, 0.1) is 0 Å². The average molecular weight is 410 g/mol. The number of amides is 2. The largest absolute Gasteiger partial charge is 0.497 e. The predicted molar refractivity (Wildman–Crippen MR) is 112 cm³/mol. The van der Waals surface area contributed by atoms with Crippen LogP contribution in [-0.4, -0.2) is 40.5 Å². The third-order valence-corrected chi connectivity index (χ3v) is 4.08. The lowest BCUT2D eigenvalue weighted by Crippen LogP contribution is -2.21. The van der Waals surface area contributed by atoms with Gasteiger partial charge in [0.2, 0.25) is 5.91 Å². The molecule has 0 saturated carbocycles. The number of benzene rings is 2. The summed E-state index contributed by atoms with van der Waals surface area (Å²) in [6.45, 7) is 2.25. The highest BCUT2D eigenvalue weighted by Gasteiger charge is 2.19. The topological polar surface area (TPSA) is 133 Å². The van der Waals surface area contributed by atoms with Crippen molar-refractivity contribution in [2.24, 2.45) is 0 Å². The summed E-state index contributed by atoms with van der Waals surface area (Å²) in [5.41, 5.74) is 7.03. The number of ether oxygens (including phenoxy) is 2. The Morgan fingerprint density at radius 3 is 2.20 bits per heavy atom. The fourth-order valence-corrected chi connectivity index (χ4v) is 2.60. The van der Waals surface area contributed by atoms with Gasteiger partial charge in [-0.25, -0.2) is 4.68 Å². The summed E-state index contributed by atoms with van der Waals surface area (Å²) < 4.78 is 11.6. The lowest BCUT2D eigenvalue weighted by atomic mass is 10.3. The molecule has 0 radical (unpaired) electrons. The van der Waals surface area contributed by atoms with Gasteiger partial charge in [-0.05, 0) is 55.5 Å². The second-order valence-electron chi connectivity index (χ2n) is 6.17. The Morgan fingerprint density at radius 1 is 1.00 bits per heavy atom. The fourth-order valence-electron chi connectivity index (χ4n) is 2.60. The van der Waals surface area contributed by atoms with Crippen LogP contribution in [0.3, 0.4) is 0 Å². The van der Waals surface area contributed by atoms with Gasteiger partial charge >= 0.3 is 0 Å². The number of hydrogen-bond acceptors (Lipinski definition) is 7. The van der Waals surface area contributed by atoms with Gasteiger partial charge < -0.3 is 25.8 Å². The second-order valence-corrected chi connectivity index (χ2v) is 6.17. The highest BCUT2D eigenvalue weighted by Crippen LogP contribution is 2.18. The van der Waals surface area contributed by atoms with Gasteiger partial charge in [0.15, 0.2) is 11.5 Å². The number of nitrogens with two attached hydrogens (primary N) is 1. The molecule has 4 N–H and O–H groups in total. The zero-order chi connectivity index (χ0) is 21.5. The normalized spacial score (nSPS) is 10.3. The monoisotopic (exact) mass is 410 g/mol. The Balaban J connectivity index is 1.61. The lowest BCUT2D eigenvalue weighted by Gasteiger charge is -2.08. The van der Waals surface area contributed by atoms with E-state index in [-0.39, 0.29) is 24.0 Å². The van der Waals surface area contributed by atoms with E-state index in [9.17, 15) is 9.59 Å². The van der Waals surface area contributed by atoms with Crippen molar-refractivity contribution in [2.45, 2.75) is 13.5 Å². The van der Waals surface area contributed by atoms with Crippen molar-refractivity contribution in [2.75, 3.05) is 30.1 Å². The van der Waals surface area contributed by atoms with Crippen molar-refractivity contribution in [3.05, 3.63) is 54.2 Å². The van der Waals surface area contributed by atoms with E-state index in [2.05, 4.69) is 20.9 Å². The Morgan fingerprint density at radius 2 is 1.60 bits per heavy atom. The molecule has 2 amide bonds. The Hall–Kier alpha value is -4.08. The zero-order valence-electron chi connectivity index (χ0n) is 16.6. The Bertz CT molecular complexity index is 1010. The van der Waals surface area contributed by atoms with Crippen molar-refractivity contribution in [1.29, 1.82) is 0 Å². The van der Waals surface area contributed by atoms with Crippen LogP contribution >= 0.6 is 0 Å². The quantitative estimate of drug-likeness (QED) is 0.518. The van der Waals surface area contributed by atoms with Gasteiger partial charge in [-0.1, -0.05) is 5.21 Å². The van der Waals surface area contributed by atoms with Crippen LogP contribution in [0.4, 0.5) is 17.2 Å². The standard InChI is InChI=1S/C20H22N6O4/c1-3-30-16-10-6-14(7-11-16)23-20(28)18-19(21)26(25-24-18)12-17(27)22-13-4-8-15(29-2)9-5-13/h4-11H,3,12,21H2,1-2H3,(H,22,27)(H,23,28). The molecule has 0 aliphatic rings. The molecule has 2 aromatic carbocycles. The van der Waals surface area contributed by atoms with Crippen molar-refractivity contribution >= 4 is 29.0 Å². The number of nitrogen functional groups attached to an aromatic ring is 1. The molecule has 0 unspecified atom stereocenters. The van der Waals surface area contributed by atoms with E-state index in [0.717, 1.165) is 4.68 Å². The first-order valence-electron chi connectivity index (χ1n) is 9.17. The van der Waals surface area contributed by atoms with Gasteiger partial charge in [0, 0.05) is 11.4 Å². The first-order chi connectivity index (χ1) is 14.5. The molecule has 10 heteroatoms. The van der Waals surface area contributed by atoms with E-state index in [1.165, 1.54) is 0 Å². The molecule has 0 atom stereocenters. The van der Waals surface area contributed by atoms with Gasteiger partial charge in [0.05, 0.1) is 13.7 Å². The summed E-state index contributed by atoms with van der Waals surface area (Å²) in [4.78, 5) is 24.7. The molecule has 0 aliphatic carbocycles. The minimum absolute atomic E-state index is 0.0108. The number of aromatic nitrogens is 3. The molecule has 0 saturated heterocycles. The molecule has 0 aliphatic heterocycles. The predicted octanol–water partition coefficient (Wildman–Crippen LogP) is 2.16. The molecule has 0 spiro atoms. The maximum atomic E-state index is 12.4. The van der Waals surface area contributed by atoms with E-state index in [1.54, 1.807) is 55.6 Å². The smallest absolute Gasteiger partial charge is 0.280 e. The number of anilines is 3. The van der Waals surface area contributed by atoms with Crippen LogP contribution in [-0.2, 0) is 11.3 Å². The van der Waals surface area contributed by atoms with E-state index >= 15 is 0 Å². The molecule has 0 bridgehead atoms. The van der Waals surface area contributed by atoms with E-state index in [4.69, 9.17) is 15.2 Å². The van der Waals surface area contributed by atoms with Crippen LogP contribution in [0.25, 0.3) is 0 Å². The van der Waals surface area contributed by atoms with Crippen molar-refractivity contribution in [3.8, 4) is 11.5 Å². The Kier molecular flexibility index (Phi) is 6.48. The first-order valence-corrected chi connectivity index (χ1v) is 9.17. The van der Waals surface area contributed by atoms with E-state index < -0.39 is 5.91 Å². The molecular formula is C20H22N6O4. The number of rotatable bonds is 8. The molecule has 156 valence electrons. The van der Waals surface area contributed by atoms with E-state index in [1.807, 2.05) is 6.92 Å². The van der Waals surface area contributed by atoms with Crippen molar-refractivity contribution in [1.82, 2.24) is 15.0 Å². The average Bonchev–Trinajstić information content (AvgIpc) is 3.10. The van der Waals surface area contributed by atoms with Crippen LogP contribution in [0.1, 0.15) is 17.4 Å². The van der Waals surface area contributed by atoms with Crippen molar-refractivity contribution in [3.63, 3.8) is 0 Å². The summed E-state index contributed by atoms with van der Waals surface area (Å²) in [6.07, 6.45) is 0. The number of hydrogen-bond donors (Lipinski definition) is 3. The maximum Gasteiger partial charge on any atom is 0.280 e. The highest BCUT2D eigenvalue weighted by atomic mass is 16.5. The van der Waals surface area contributed by atoms with Gasteiger partial charge in [-0.3, -0.25) is 9.59 Å². The summed E-state index contributed by atoms with van der Waals surface area (Å²) >= 11 is 0. The summed E-state index contributed by atoms with van der Waals surface area (Å²) in [6, 6.07) is 13.7. The molecule has 1 aromatic heterocycles. The first kappa shape index (κ1) is 20.6. The minimum atomic E-state index is -0.529. The van der Waals surface area contributed by atoms with Gasteiger partial charge in [0.1, 0.15) is 18.0 Å². The summed E-state index contributed by atoms with van der Waals surface area (Å²) in [5, 5.41) is 13.0. The molecular weight excluding hydrogens is 388 g/mol. The van der Waals surface area contributed by atoms with E-state index in [0.29, 0.717) is 29.5 Å². The molecule has 1 heterocycles. The van der Waals surface area contributed by atoms with Gasteiger partial charge in [0.25, 0.3) is 5.91 Å². The maximum absolute atomic E-state index is 12.4. The number of carbonyl (C=O) groups is 2. The SMILES string of the molecule is CCOc1ccc(NC(=O)c2nnn(CC(=O)Nc3ccc(OC)cc3)c2N)cc1. The third kappa shape index (κ3) is 5.04. The van der Waals surface area contributed by atoms with Crippen molar-refractivity contribution < 1.29 is 19.1 Å². The summed E-state index contributed by atoms with van der Waals surface area (Å²) in [5.74, 6) is 0.470. The van der Waals surface area contributed by atoms with Crippen LogP contribution in [0.5, 0.6) is 11.5 Å². The molecule has 30 heavy (non-hydrogen) atoms. The molecule has 10 nitrogen and oxygen atoms in total. The van der Waals surface area contributed by atoms with Crippen LogP contribution < -0.4 is 25.8 Å². The lowest BCUT2D eigenvalue weighted by molar-refractivity contribution is -0.116.